The van der Waals surface area contributed by atoms with Gasteiger partial charge >= 0.3 is 0 Å². The molecule has 0 saturated heterocycles. The maximum atomic E-state index is 11.2. The van der Waals surface area contributed by atoms with Gasteiger partial charge in [0.15, 0.2) is 5.65 Å². The summed E-state index contributed by atoms with van der Waals surface area (Å²) in [5.41, 5.74) is 2.61. The molecule has 1 aromatic carbocycles. The smallest absolute Gasteiger partial charge is 0.261 e. The molecule has 3 aromatic rings. The zero-order valence-corrected chi connectivity index (χ0v) is 13.2. The molecule has 0 aliphatic heterocycles. The van der Waals surface area contributed by atoms with Crippen molar-refractivity contribution < 1.29 is 8.42 Å². The normalized spacial score (nSPS) is 11.8. The van der Waals surface area contributed by atoms with Crippen LogP contribution in [0, 0.1) is 6.92 Å². The molecule has 0 spiro atoms. The van der Waals surface area contributed by atoms with Crippen LogP contribution >= 0.6 is 10.7 Å². The molecule has 10 heteroatoms. The molecule has 114 valence electrons. The molecule has 0 unspecified atom stereocenters. The Bertz CT molecular complexity index is 952. The first kappa shape index (κ1) is 14.7. The molecule has 0 aliphatic rings. The largest absolute Gasteiger partial charge is 0.323 e. The molecule has 0 fully saturated rings. The number of nitrogens with zero attached hydrogens (tertiary/aromatic N) is 5. The molecular formula is C12H11ClN6O2S. The fourth-order valence-electron chi connectivity index (χ4n) is 1.98. The number of hydrogen-bond donors (Lipinski definition) is 1. The van der Waals surface area contributed by atoms with Gasteiger partial charge in [-0.2, -0.15) is 5.10 Å². The third-order valence-corrected chi connectivity index (χ3v) is 4.38. The number of hydrogen-bond acceptors (Lipinski definition) is 7. The maximum absolute atomic E-state index is 11.2. The highest BCUT2D eigenvalue weighted by Crippen LogP contribution is 2.20. The first-order valence-corrected chi connectivity index (χ1v) is 8.51. The number of aryl methyl sites for hydroxylation is 2. The molecule has 0 atom stereocenters. The van der Waals surface area contributed by atoms with E-state index in [1.165, 1.54) is 12.1 Å². The van der Waals surface area contributed by atoms with Crippen molar-refractivity contribution in [2.75, 3.05) is 5.32 Å². The van der Waals surface area contributed by atoms with Crippen molar-refractivity contribution in [2.24, 2.45) is 7.05 Å². The third kappa shape index (κ3) is 2.72. The Hall–Kier alpha value is -2.26. The van der Waals surface area contributed by atoms with Crippen LogP contribution in [-0.2, 0) is 16.1 Å². The number of anilines is 2. The molecule has 2 aromatic heterocycles. The molecule has 0 aliphatic carbocycles. The first-order chi connectivity index (χ1) is 10.3. The molecule has 2 heterocycles. The van der Waals surface area contributed by atoms with Gasteiger partial charge in [-0.05, 0) is 31.2 Å². The zero-order valence-electron chi connectivity index (χ0n) is 11.6. The number of halogens is 1. The minimum absolute atomic E-state index is 0.0253. The summed E-state index contributed by atoms with van der Waals surface area (Å²) in [5, 5.41) is 15.2. The van der Waals surface area contributed by atoms with E-state index >= 15 is 0 Å². The number of aromatic nitrogens is 5. The molecule has 22 heavy (non-hydrogen) atoms. The highest BCUT2D eigenvalue weighted by Gasteiger charge is 2.11. The van der Waals surface area contributed by atoms with Crippen LogP contribution in [0.15, 0.2) is 29.2 Å². The Morgan fingerprint density at radius 2 is 1.86 bits per heavy atom. The highest BCUT2D eigenvalue weighted by atomic mass is 35.7. The quantitative estimate of drug-likeness (QED) is 0.725. The molecule has 8 nitrogen and oxygen atoms in total. The topological polar surface area (TPSA) is 103 Å². The molecule has 0 saturated carbocycles. The van der Waals surface area contributed by atoms with Crippen LogP contribution in [0.5, 0.6) is 0 Å². The SMILES string of the molecule is Cc1nn(C)c2nnc(Nc3ccc(S(=O)(=O)Cl)cc3)nc12. The second kappa shape index (κ2) is 5.18. The minimum atomic E-state index is -3.73. The summed E-state index contributed by atoms with van der Waals surface area (Å²) >= 11 is 0. The van der Waals surface area contributed by atoms with Crippen molar-refractivity contribution in [1.29, 1.82) is 0 Å². The standard InChI is InChI=1S/C12H11ClN6O2S/c1-7-10-11(19(2)18-7)16-17-12(15-10)14-8-3-5-9(6-4-8)22(13,20)21/h3-6H,1-2H3,(H,14,15,17). The van der Waals surface area contributed by atoms with Crippen LogP contribution in [-0.4, -0.2) is 33.4 Å². The van der Waals surface area contributed by atoms with Crippen molar-refractivity contribution in [3.63, 3.8) is 0 Å². The van der Waals surface area contributed by atoms with Crippen molar-refractivity contribution in [1.82, 2.24) is 25.0 Å². The van der Waals surface area contributed by atoms with Crippen molar-refractivity contribution in [2.45, 2.75) is 11.8 Å². The lowest BCUT2D eigenvalue weighted by Crippen LogP contribution is -2.01. The van der Waals surface area contributed by atoms with E-state index in [2.05, 4.69) is 25.6 Å². The predicted octanol–water partition coefficient (Wildman–Crippen LogP) is 1.74. The van der Waals surface area contributed by atoms with Gasteiger partial charge in [0.2, 0.25) is 5.95 Å². The molecule has 0 amide bonds. The van der Waals surface area contributed by atoms with E-state index in [-0.39, 0.29) is 4.90 Å². The average Bonchev–Trinajstić information content (AvgIpc) is 2.73. The Labute approximate surface area is 130 Å². The van der Waals surface area contributed by atoms with Gasteiger partial charge in [-0.1, -0.05) is 0 Å². The third-order valence-electron chi connectivity index (χ3n) is 3.01. The molecule has 1 N–H and O–H groups in total. The van der Waals surface area contributed by atoms with Crippen LogP contribution in [0.1, 0.15) is 5.69 Å². The zero-order chi connectivity index (χ0) is 15.9. The van der Waals surface area contributed by atoms with Crippen molar-refractivity contribution >= 4 is 42.5 Å². The summed E-state index contributed by atoms with van der Waals surface area (Å²) in [5.74, 6) is 0.296. The van der Waals surface area contributed by atoms with Crippen molar-refractivity contribution in [3.05, 3.63) is 30.0 Å². The van der Waals surface area contributed by atoms with Gasteiger partial charge in [0.1, 0.15) is 5.52 Å². The fraction of sp³-hybridized carbons (Fsp3) is 0.167. The van der Waals surface area contributed by atoms with Gasteiger partial charge in [0, 0.05) is 23.4 Å². The number of nitrogens with one attached hydrogen (secondary N) is 1. The Morgan fingerprint density at radius 1 is 1.18 bits per heavy atom. The van der Waals surface area contributed by atoms with Gasteiger partial charge in [-0.15, -0.1) is 10.2 Å². The van der Waals surface area contributed by atoms with E-state index in [0.717, 1.165) is 5.69 Å². The van der Waals surface area contributed by atoms with E-state index in [1.807, 2.05) is 6.92 Å². The second-order valence-electron chi connectivity index (χ2n) is 4.60. The van der Waals surface area contributed by atoms with E-state index in [1.54, 1.807) is 23.9 Å². The van der Waals surface area contributed by atoms with Gasteiger partial charge in [-0.3, -0.25) is 0 Å². The summed E-state index contributed by atoms with van der Waals surface area (Å²) in [6.45, 7) is 1.83. The van der Waals surface area contributed by atoms with Gasteiger partial charge in [0.25, 0.3) is 9.05 Å². The Kier molecular flexibility index (Phi) is 3.45. The highest BCUT2D eigenvalue weighted by molar-refractivity contribution is 8.13. The number of fused-ring (bicyclic) bond motifs is 1. The van der Waals surface area contributed by atoms with Gasteiger partial charge in [-0.25, -0.2) is 18.1 Å². The molecular weight excluding hydrogens is 328 g/mol. The van der Waals surface area contributed by atoms with E-state index in [0.29, 0.717) is 22.8 Å². The molecule has 0 radical (unpaired) electrons. The van der Waals surface area contributed by atoms with Crippen LogP contribution in [0.25, 0.3) is 11.2 Å². The van der Waals surface area contributed by atoms with E-state index in [9.17, 15) is 8.42 Å². The molecule has 0 bridgehead atoms. The summed E-state index contributed by atoms with van der Waals surface area (Å²) in [4.78, 5) is 4.37. The lowest BCUT2D eigenvalue weighted by molar-refractivity contribution is 0.609. The van der Waals surface area contributed by atoms with Crippen molar-refractivity contribution in [3.8, 4) is 0 Å². The first-order valence-electron chi connectivity index (χ1n) is 6.20. The summed E-state index contributed by atoms with van der Waals surface area (Å²) in [7, 11) is 3.30. The van der Waals surface area contributed by atoms with Gasteiger partial charge in [0.05, 0.1) is 10.6 Å². The lowest BCUT2D eigenvalue weighted by Gasteiger charge is -2.04. The number of rotatable bonds is 3. The summed E-state index contributed by atoms with van der Waals surface area (Å²) in [6, 6.07) is 5.93. The summed E-state index contributed by atoms with van der Waals surface area (Å²) < 4.78 is 24.0. The summed E-state index contributed by atoms with van der Waals surface area (Å²) in [6.07, 6.45) is 0. The van der Waals surface area contributed by atoms with Gasteiger partial charge < -0.3 is 5.32 Å². The fourth-order valence-corrected chi connectivity index (χ4v) is 2.75. The monoisotopic (exact) mass is 338 g/mol. The lowest BCUT2D eigenvalue weighted by atomic mass is 10.3. The van der Waals surface area contributed by atoms with Crippen LogP contribution in [0.2, 0.25) is 0 Å². The van der Waals surface area contributed by atoms with Crippen LogP contribution in [0.3, 0.4) is 0 Å². The maximum Gasteiger partial charge on any atom is 0.261 e. The second-order valence-corrected chi connectivity index (χ2v) is 7.17. The van der Waals surface area contributed by atoms with Crippen LogP contribution < -0.4 is 5.32 Å². The minimum Gasteiger partial charge on any atom is -0.323 e. The Balaban J connectivity index is 1.91. The average molecular weight is 339 g/mol. The Morgan fingerprint density at radius 3 is 2.50 bits per heavy atom. The van der Waals surface area contributed by atoms with E-state index < -0.39 is 9.05 Å². The van der Waals surface area contributed by atoms with Crippen LogP contribution in [0.4, 0.5) is 11.6 Å². The predicted molar refractivity (Wildman–Crippen MR) is 81.6 cm³/mol. The van der Waals surface area contributed by atoms with E-state index in [4.69, 9.17) is 10.7 Å². The molecule has 3 rings (SSSR count). The number of benzene rings is 1.